The van der Waals surface area contributed by atoms with Crippen molar-refractivity contribution in [1.29, 1.82) is 0 Å². The zero-order valence-electron chi connectivity index (χ0n) is 16.9. The molecular formula is C22H24BrFN2O4. The van der Waals surface area contributed by atoms with E-state index in [0.29, 0.717) is 24.9 Å². The lowest BCUT2D eigenvalue weighted by Crippen LogP contribution is -2.49. The third-order valence-corrected chi connectivity index (χ3v) is 5.98. The number of carbonyl (C=O) groups is 2. The van der Waals surface area contributed by atoms with E-state index >= 15 is 0 Å². The molecule has 0 aromatic heterocycles. The minimum Gasteiger partial charge on any atom is -0.453 e. The highest BCUT2D eigenvalue weighted by atomic mass is 79.9. The van der Waals surface area contributed by atoms with Crippen molar-refractivity contribution < 1.29 is 23.5 Å². The van der Waals surface area contributed by atoms with Gasteiger partial charge in [-0.05, 0) is 42.3 Å². The van der Waals surface area contributed by atoms with Gasteiger partial charge in [0.1, 0.15) is 11.4 Å². The van der Waals surface area contributed by atoms with Gasteiger partial charge in [-0.3, -0.25) is 0 Å². The minimum absolute atomic E-state index is 0.162. The molecule has 0 unspecified atom stereocenters. The quantitative estimate of drug-likeness (QED) is 0.624. The van der Waals surface area contributed by atoms with Crippen LogP contribution in [0, 0.1) is 5.82 Å². The number of carbonyl (C=O) groups excluding carboxylic acids is 2. The fraction of sp³-hybridized carbons (Fsp3) is 0.364. The molecule has 0 spiro atoms. The Morgan fingerprint density at radius 1 is 1.27 bits per heavy atom. The van der Waals surface area contributed by atoms with Gasteiger partial charge in [-0.15, -0.1) is 0 Å². The molecule has 160 valence electrons. The summed E-state index contributed by atoms with van der Waals surface area (Å²) in [5.74, 6) is -0.366. The molecule has 1 saturated heterocycles. The fourth-order valence-electron chi connectivity index (χ4n) is 3.66. The molecule has 1 aliphatic rings. The summed E-state index contributed by atoms with van der Waals surface area (Å²) in [6, 6.07) is 13.6. The molecule has 1 aliphatic heterocycles. The lowest BCUT2D eigenvalue weighted by Gasteiger charge is -2.43. The second kappa shape index (κ2) is 9.47. The van der Waals surface area contributed by atoms with Crippen LogP contribution >= 0.6 is 15.9 Å². The van der Waals surface area contributed by atoms with Crippen molar-refractivity contribution in [2.45, 2.75) is 31.4 Å². The fourth-order valence-corrected chi connectivity index (χ4v) is 3.92. The van der Waals surface area contributed by atoms with Crippen molar-refractivity contribution in [3.63, 3.8) is 0 Å². The average Bonchev–Trinajstić information content (AvgIpc) is 2.74. The van der Waals surface area contributed by atoms with Gasteiger partial charge in [0.2, 0.25) is 0 Å². The summed E-state index contributed by atoms with van der Waals surface area (Å²) in [4.78, 5) is 26.1. The standard InChI is InChI=1S/C22H24BrFN2O4/c1-15(16-3-7-18(23)8-4-16)26-14-12-22(30-21(26)28,11-13-25-20(27)29-2)17-5-9-19(24)10-6-17/h3-10,15H,11-14H2,1-2H3,(H,25,27)/t15-,22-/m0/s1. The van der Waals surface area contributed by atoms with Crippen molar-refractivity contribution >= 4 is 28.1 Å². The van der Waals surface area contributed by atoms with E-state index in [-0.39, 0.29) is 18.4 Å². The number of nitrogens with one attached hydrogen (secondary N) is 1. The Morgan fingerprint density at radius 3 is 2.53 bits per heavy atom. The summed E-state index contributed by atoms with van der Waals surface area (Å²) in [7, 11) is 1.28. The largest absolute Gasteiger partial charge is 0.453 e. The van der Waals surface area contributed by atoms with Gasteiger partial charge in [0.25, 0.3) is 0 Å². The third kappa shape index (κ3) is 4.92. The summed E-state index contributed by atoms with van der Waals surface area (Å²) >= 11 is 3.42. The maximum atomic E-state index is 13.5. The summed E-state index contributed by atoms with van der Waals surface area (Å²) in [6.45, 7) is 2.67. The molecule has 2 aromatic rings. The second-order valence-corrected chi connectivity index (χ2v) is 8.12. The Bertz CT molecular complexity index is 891. The molecule has 1 heterocycles. The Morgan fingerprint density at radius 2 is 1.93 bits per heavy atom. The molecule has 30 heavy (non-hydrogen) atoms. The second-order valence-electron chi connectivity index (χ2n) is 7.21. The molecule has 2 aromatic carbocycles. The van der Waals surface area contributed by atoms with Gasteiger partial charge in [0.05, 0.1) is 13.2 Å². The molecule has 2 atom stereocenters. The van der Waals surface area contributed by atoms with Crippen LogP contribution in [0.4, 0.5) is 14.0 Å². The van der Waals surface area contributed by atoms with Crippen LogP contribution in [0.25, 0.3) is 0 Å². The van der Waals surface area contributed by atoms with E-state index in [1.807, 2.05) is 31.2 Å². The third-order valence-electron chi connectivity index (χ3n) is 5.45. The summed E-state index contributed by atoms with van der Waals surface area (Å²) < 4.78 is 25.0. The number of halogens is 2. The Kier molecular flexibility index (Phi) is 6.97. The zero-order chi connectivity index (χ0) is 21.7. The van der Waals surface area contributed by atoms with E-state index in [4.69, 9.17) is 4.74 Å². The maximum absolute atomic E-state index is 13.5. The molecule has 1 fully saturated rings. The predicted molar refractivity (Wildman–Crippen MR) is 113 cm³/mol. The smallest absolute Gasteiger partial charge is 0.411 e. The van der Waals surface area contributed by atoms with E-state index < -0.39 is 17.8 Å². The first-order valence-electron chi connectivity index (χ1n) is 9.67. The van der Waals surface area contributed by atoms with Crippen LogP contribution in [-0.2, 0) is 15.1 Å². The van der Waals surface area contributed by atoms with Crippen molar-refractivity contribution in [3.8, 4) is 0 Å². The monoisotopic (exact) mass is 478 g/mol. The van der Waals surface area contributed by atoms with E-state index in [9.17, 15) is 14.0 Å². The van der Waals surface area contributed by atoms with E-state index in [0.717, 1.165) is 10.0 Å². The van der Waals surface area contributed by atoms with Crippen LogP contribution in [-0.4, -0.2) is 37.3 Å². The van der Waals surface area contributed by atoms with Gasteiger partial charge in [-0.1, -0.05) is 40.2 Å². The number of alkyl carbamates (subject to hydrolysis) is 1. The van der Waals surface area contributed by atoms with E-state index in [1.54, 1.807) is 17.0 Å². The number of ether oxygens (including phenoxy) is 2. The number of methoxy groups -OCH3 is 1. The first-order chi connectivity index (χ1) is 14.3. The van der Waals surface area contributed by atoms with Crippen LogP contribution in [0.5, 0.6) is 0 Å². The summed E-state index contributed by atoms with van der Waals surface area (Å²) in [5.41, 5.74) is 0.735. The lowest BCUT2D eigenvalue weighted by molar-refractivity contribution is -0.0648. The summed E-state index contributed by atoms with van der Waals surface area (Å²) in [6.07, 6.45) is -0.149. The number of hydrogen-bond acceptors (Lipinski definition) is 4. The number of rotatable bonds is 6. The number of cyclic esters (lactones) is 1. The van der Waals surface area contributed by atoms with Crippen molar-refractivity contribution in [2.24, 2.45) is 0 Å². The van der Waals surface area contributed by atoms with Crippen LogP contribution in [0.2, 0.25) is 0 Å². The number of amides is 2. The highest BCUT2D eigenvalue weighted by Crippen LogP contribution is 2.39. The lowest BCUT2D eigenvalue weighted by atomic mass is 9.85. The first-order valence-corrected chi connectivity index (χ1v) is 10.5. The maximum Gasteiger partial charge on any atom is 0.411 e. The van der Waals surface area contributed by atoms with Crippen molar-refractivity contribution in [1.82, 2.24) is 10.2 Å². The molecular weight excluding hydrogens is 455 g/mol. The van der Waals surface area contributed by atoms with Gasteiger partial charge in [-0.2, -0.15) is 0 Å². The molecule has 3 rings (SSSR count). The number of nitrogens with zero attached hydrogens (tertiary/aromatic N) is 1. The predicted octanol–water partition coefficient (Wildman–Crippen LogP) is 5.13. The van der Waals surface area contributed by atoms with Gasteiger partial charge in [-0.25, -0.2) is 14.0 Å². The molecule has 0 radical (unpaired) electrons. The Balaban J connectivity index is 1.79. The van der Waals surface area contributed by atoms with E-state index in [2.05, 4.69) is 26.0 Å². The van der Waals surface area contributed by atoms with Gasteiger partial charge >= 0.3 is 12.2 Å². The Labute approximate surface area is 183 Å². The van der Waals surface area contributed by atoms with Crippen LogP contribution in [0.15, 0.2) is 53.0 Å². The highest BCUT2D eigenvalue weighted by Gasteiger charge is 2.43. The number of hydrogen-bond donors (Lipinski definition) is 1. The van der Waals surface area contributed by atoms with Crippen LogP contribution in [0.1, 0.15) is 36.9 Å². The van der Waals surface area contributed by atoms with Crippen molar-refractivity contribution in [3.05, 3.63) is 69.9 Å². The zero-order valence-corrected chi connectivity index (χ0v) is 18.4. The molecule has 8 heteroatoms. The molecule has 0 bridgehead atoms. The highest BCUT2D eigenvalue weighted by molar-refractivity contribution is 9.10. The van der Waals surface area contributed by atoms with Gasteiger partial charge in [0.15, 0.2) is 0 Å². The normalized spacial score (nSPS) is 19.7. The summed E-state index contributed by atoms with van der Waals surface area (Å²) in [5, 5.41) is 2.62. The number of benzene rings is 2. The molecule has 1 N–H and O–H groups in total. The van der Waals surface area contributed by atoms with Gasteiger partial charge < -0.3 is 19.7 Å². The SMILES string of the molecule is COC(=O)NCC[C@@]1(c2ccc(F)cc2)CCN([C@@H](C)c2ccc(Br)cc2)C(=O)O1. The molecule has 6 nitrogen and oxygen atoms in total. The van der Waals surface area contributed by atoms with Gasteiger partial charge in [0, 0.05) is 30.4 Å². The average molecular weight is 479 g/mol. The molecule has 2 amide bonds. The first kappa shape index (κ1) is 22.1. The Hall–Kier alpha value is -2.61. The molecule has 0 saturated carbocycles. The minimum atomic E-state index is -0.957. The topological polar surface area (TPSA) is 67.9 Å². The molecule has 0 aliphatic carbocycles. The van der Waals surface area contributed by atoms with Crippen molar-refractivity contribution in [2.75, 3.05) is 20.2 Å². The van der Waals surface area contributed by atoms with E-state index in [1.165, 1.54) is 19.2 Å². The van der Waals surface area contributed by atoms with Crippen LogP contribution < -0.4 is 5.32 Å². The van der Waals surface area contributed by atoms with Crippen LogP contribution in [0.3, 0.4) is 0 Å².